The lowest BCUT2D eigenvalue weighted by molar-refractivity contribution is 0.0785. The van der Waals surface area contributed by atoms with Crippen molar-refractivity contribution in [3.05, 3.63) is 37.2 Å². The molecule has 0 spiro atoms. The molecule has 1 amide bonds. The number of rotatable bonds is 6. The Morgan fingerprint density at radius 3 is 2.57 bits per heavy atom. The largest absolute Gasteiger partial charge is 0.330 e. The maximum atomic E-state index is 12.3. The van der Waals surface area contributed by atoms with Crippen LogP contribution in [0.3, 0.4) is 0 Å². The molecule has 1 fully saturated rings. The highest BCUT2D eigenvalue weighted by Gasteiger charge is 2.21. The van der Waals surface area contributed by atoms with Gasteiger partial charge in [-0.25, -0.2) is 4.68 Å². The van der Waals surface area contributed by atoms with Crippen molar-refractivity contribution in [2.75, 3.05) is 26.2 Å². The van der Waals surface area contributed by atoms with Crippen LogP contribution in [0.1, 0.15) is 29.4 Å². The number of piperidine rings is 1. The fourth-order valence-electron chi connectivity index (χ4n) is 2.34. The molecule has 0 bridgehead atoms. The fourth-order valence-corrected chi connectivity index (χ4v) is 2.34. The molecule has 116 valence electrons. The minimum atomic E-state index is -0.134. The summed E-state index contributed by atoms with van der Waals surface area (Å²) >= 11 is 0. The molecule has 0 saturated carbocycles. The zero-order chi connectivity index (χ0) is 14.4. The van der Waals surface area contributed by atoms with Gasteiger partial charge in [-0.15, -0.1) is 30.7 Å². The highest BCUT2D eigenvalue weighted by Crippen LogP contribution is 2.17. The Hall–Kier alpha value is -1.66. The third-order valence-electron chi connectivity index (χ3n) is 3.40. The molecule has 0 radical (unpaired) electrons. The molecule has 7 heteroatoms. The highest BCUT2D eigenvalue weighted by molar-refractivity contribution is 5.92. The van der Waals surface area contributed by atoms with Gasteiger partial charge in [-0.2, -0.15) is 0 Å². The molecule has 2 heterocycles. The Morgan fingerprint density at radius 2 is 2.00 bits per heavy atom. The van der Waals surface area contributed by atoms with Crippen LogP contribution in [-0.2, 0) is 0 Å². The van der Waals surface area contributed by atoms with E-state index in [4.69, 9.17) is 0 Å². The van der Waals surface area contributed by atoms with E-state index in [2.05, 4.69) is 28.8 Å². The van der Waals surface area contributed by atoms with Crippen molar-refractivity contribution in [1.82, 2.24) is 25.2 Å². The maximum Gasteiger partial charge on any atom is 0.276 e. The Morgan fingerprint density at radius 1 is 1.38 bits per heavy atom. The zero-order valence-corrected chi connectivity index (χ0v) is 12.9. The molecule has 1 aromatic rings. The molecule has 1 aliphatic heterocycles. The summed E-state index contributed by atoms with van der Waals surface area (Å²) in [4.78, 5) is 14.0. The van der Waals surface area contributed by atoms with E-state index in [0.29, 0.717) is 24.8 Å². The summed E-state index contributed by atoms with van der Waals surface area (Å²) in [7, 11) is 0. The number of hydrogen-bond acceptors (Lipinski definition) is 4. The van der Waals surface area contributed by atoms with Gasteiger partial charge >= 0.3 is 0 Å². The van der Waals surface area contributed by atoms with Crippen molar-refractivity contribution < 1.29 is 4.79 Å². The van der Waals surface area contributed by atoms with Crippen LogP contribution in [-0.4, -0.2) is 52.0 Å². The molecule has 0 unspecified atom stereocenters. The Balaban J connectivity index is 0.00000220. The summed E-state index contributed by atoms with van der Waals surface area (Å²) in [6.45, 7) is 10.2. The van der Waals surface area contributed by atoms with Crippen LogP contribution in [0.4, 0.5) is 0 Å². The number of halogens is 1. The monoisotopic (exact) mass is 311 g/mol. The van der Waals surface area contributed by atoms with Crippen molar-refractivity contribution in [3.63, 3.8) is 0 Å². The summed E-state index contributed by atoms with van der Waals surface area (Å²) < 4.78 is 1.81. The van der Waals surface area contributed by atoms with Crippen LogP contribution in [0.2, 0.25) is 0 Å². The van der Waals surface area contributed by atoms with Crippen molar-refractivity contribution >= 4 is 18.3 Å². The van der Waals surface area contributed by atoms with E-state index in [1.54, 1.807) is 23.2 Å². The van der Waals surface area contributed by atoms with E-state index >= 15 is 0 Å². The first kappa shape index (κ1) is 17.4. The molecule has 0 aliphatic carbocycles. The van der Waals surface area contributed by atoms with Gasteiger partial charge < -0.3 is 10.2 Å². The van der Waals surface area contributed by atoms with E-state index < -0.39 is 0 Å². The van der Waals surface area contributed by atoms with E-state index in [0.717, 1.165) is 25.9 Å². The van der Waals surface area contributed by atoms with Gasteiger partial charge in [0.25, 0.3) is 5.91 Å². The standard InChI is InChI=1S/C14H21N5O.ClH/c1-3-9-18(10-4-2)14(20)13-11-19(17-16-13)12-5-7-15-8-6-12;/h3-4,11-12,15H,1-2,5-10H2;1H. The lowest BCUT2D eigenvalue weighted by Crippen LogP contribution is -2.31. The molecular formula is C14H22ClN5O. The van der Waals surface area contributed by atoms with Crippen LogP contribution >= 0.6 is 12.4 Å². The summed E-state index contributed by atoms with van der Waals surface area (Å²) in [6, 6.07) is 0.331. The van der Waals surface area contributed by atoms with Crippen LogP contribution in [0.5, 0.6) is 0 Å². The van der Waals surface area contributed by atoms with Gasteiger partial charge in [0.1, 0.15) is 0 Å². The lowest BCUT2D eigenvalue weighted by Gasteiger charge is -2.22. The number of amides is 1. The molecule has 1 saturated heterocycles. The molecule has 0 aromatic carbocycles. The highest BCUT2D eigenvalue weighted by atomic mass is 35.5. The molecule has 1 aromatic heterocycles. The first-order chi connectivity index (χ1) is 9.76. The number of carbonyl (C=O) groups is 1. The molecule has 21 heavy (non-hydrogen) atoms. The average Bonchev–Trinajstić information content (AvgIpc) is 2.97. The molecule has 6 nitrogen and oxygen atoms in total. The normalized spacial score (nSPS) is 15.0. The molecule has 1 N–H and O–H groups in total. The fraction of sp³-hybridized carbons (Fsp3) is 0.500. The van der Waals surface area contributed by atoms with Gasteiger partial charge in [-0.05, 0) is 25.9 Å². The van der Waals surface area contributed by atoms with Crippen molar-refractivity contribution in [3.8, 4) is 0 Å². The number of hydrogen-bond donors (Lipinski definition) is 1. The zero-order valence-electron chi connectivity index (χ0n) is 12.1. The number of nitrogens with zero attached hydrogens (tertiary/aromatic N) is 4. The predicted molar refractivity (Wildman–Crippen MR) is 84.7 cm³/mol. The van der Waals surface area contributed by atoms with E-state index in [-0.39, 0.29) is 18.3 Å². The Kier molecular flexibility index (Phi) is 7.11. The van der Waals surface area contributed by atoms with E-state index in [1.807, 2.05) is 4.68 Å². The van der Waals surface area contributed by atoms with E-state index in [9.17, 15) is 4.79 Å². The van der Waals surface area contributed by atoms with Crippen LogP contribution in [0, 0.1) is 0 Å². The SMILES string of the molecule is C=CCN(CC=C)C(=O)c1cn(C2CCNCC2)nn1.Cl. The van der Waals surface area contributed by atoms with Crippen LogP contribution in [0.15, 0.2) is 31.5 Å². The number of aromatic nitrogens is 3. The van der Waals surface area contributed by atoms with Gasteiger partial charge in [0, 0.05) is 13.1 Å². The average molecular weight is 312 g/mol. The molecular weight excluding hydrogens is 290 g/mol. The van der Waals surface area contributed by atoms with Crippen LogP contribution in [0.25, 0.3) is 0 Å². The van der Waals surface area contributed by atoms with Crippen molar-refractivity contribution in [1.29, 1.82) is 0 Å². The summed E-state index contributed by atoms with van der Waals surface area (Å²) in [5.74, 6) is -0.134. The predicted octanol–water partition coefficient (Wildman–Crippen LogP) is 1.44. The van der Waals surface area contributed by atoms with Gasteiger partial charge in [0.05, 0.1) is 12.2 Å². The van der Waals surface area contributed by atoms with Gasteiger partial charge in [-0.3, -0.25) is 4.79 Å². The van der Waals surface area contributed by atoms with Crippen molar-refractivity contribution in [2.24, 2.45) is 0 Å². The molecule has 1 aliphatic rings. The van der Waals surface area contributed by atoms with Crippen LogP contribution < -0.4 is 5.32 Å². The molecule has 0 atom stereocenters. The summed E-state index contributed by atoms with van der Waals surface area (Å²) in [5, 5.41) is 11.4. The minimum absolute atomic E-state index is 0. The third-order valence-corrected chi connectivity index (χ3v) is 3.40. The quantitative estimate of drug-likeness (QED) is 0.808. The third kappa shape index (κ3) is 4.41. The minimum Gasteiger partial charge on any atom is -0.330 e. The van der Waals surface area contributed by atoms with Crippen molar-refractivity contribution in [2.45, 2.75) is 18.9 Å². The number of carbonyl (C=O) groups excluding carboxylic acids is 1. The van der Waals surface area contributed by atoms with Gasteiger partial charge in [0.2, 0.25) is 0 Å². The van der Waals surface area contributed by atoms with Gasteiger partial charge in [0.15, 0.2) is 5.69 Å². The Labute approximate surface area is 131 Å². The summed E-state index contributed by atoms with van der Waals surface area (Å²) in [5.41, 5.74) is 0.382. The smallest absolute Gasteiger partial charge is 0.276 e. The Bertz CT molecular complexity index is 471. The summed E-state index contributed by atoms with van der Waals surface area (Å²) in [6.07, 6.45) is 7.16. The lowest BCUT2D eigenvalue weighted by atomic mass is 10.1. The molecule has 2 rings (SSSR count). The maximum absolute atomic E-state index is 12.3. The second-order valence-electron chi connectivity index (χ2n) is 4.85. The van der Waals surface area contributed by atoms with Gasteiger partial charge in [-0.1, -0.05) is 17.4 Å². The second-order valence-corrected chi connectivity index (χ2v) is 4.85. The first-order valence-corrected chi connectivity index (χ1v) is 6.90. The second kappa shape index (κ2) is 8.59. The number of nitrogens with one attached hydrogen (secondary N) is 1. The topological polar surface area (TPSA) is 63.1 Å². The first-order valence-electron chi connectivity index (χ1n) is 6.90. The van der Waals surface area contributed by atoms with E-state index in [1.165, 1.54) is 0 Å².